The molecule has 0 atom stereocenters. The Bertz CT molecular complexity index is 242. The van der Waals surface area contributed by atoms with Gasteiger partial charge in [-0.1, -0.05) is 6.07 Å². The van der Waals surface area contributed by atoms with E-state index in [1.54, 1.807) is 0 Å². The molecule has 12 heavy (non-hydrogen) atoms. The fraction of sp³-hybridized carbons (Fsp3) is 0.286. The van der Waals surface area contributed by atoms with Crippen molar-refractivity contribution in [1.29, 1.82) is 0 Å². The maximum Gasteiger partial charge on any atom is 0.280 e. The van der Waals surface area contributed by atoms with Crippen LogP contribution in [0.15, 0.2) is 18.2 Å². The Hall–Kier alpha value is -1.07. The Kier molecular flexibility index (Phi) is 2.67. The molecule has 0 aliphatic carbocycles. The topological polar surface area (TPSA) is 53.4 Å². The average Bonchev–Trinajstić information content (AvgIpc) is 2.04. The van der Waals surface area contributed by atoms with Gasteiger partial charge in [0.05, 0.1) is 5.69 Å². The minimum Gasteiger partial charge on any atom is -0.363 e. The first kappa shape index (κ1) is 9.02. The van der Waals surface area contributed by atoms with Gasteiger partial charge in [-0.15, -0.1) is 0 Å². The number of hydrogen-bond acceptors (Lipinski definition) is 3. The summed E-state index contributed by atoms with van der Waals surface area (Å²) < 4.78 is 24.0. The van der Waals surface area contributed by atoms with Gasteiger partial charge in [-0.3, -0.25) is 0 Å². The molecular formula is C7H7F2NO2. The Labute approximate surface area is 67.3 Å². The number of pyridine rings is 1. The summed E-state index contributed by atoms with van der Waals surface area (Å²) in [5.41, 5.74) is -0.631. The van der Waals surface area contributed by atoms with Crippen LogP contribution in [0.4, 0.5) is 8.78 Å². The summed E-state index contributed by atoms with van der Waals surface area (Å²) in [5, 5.41) is 17.2. The highest BCUT2D eigenvalue weighted by atomic mass is 19.3. The lowest BCUT2D eigenvalue weighted by molar-refractivity contribution is -0.0462. The Balaban J connectivity index is 2.96. The molecule has 0 aromatic carbocycles. The van der Waals surface area contributed by atoms with Gasteiger partial charge in [0.15, 0.2) is 6.29 Å². The molecule has 3 nitrogen and oxygen atoms in total. The minimum absolute atomic E-state index is 0.173. The highest BCUT2D eigenvalue weighted by molar-refractivity contribution is 5.12. The summed E-state index contributed by atoms with van der Waals surface area (Å²) in [4.78, 5) is 3.32. The zero-order chi connectivity index (χ0) is 9.14. The summed E-state index contributed by atoms with van der Waals surface area (Å²) in [5.74, 6) is 0. The zero-order valence-corrected chi connectivity index (χ0v) is 5.98. The Morgan fingerprint density at radius 3 is 2.25 bits per heavy atom. The molecule has 0 aliphatic rings. The summed E-state index contributed by atoms with van der Waals surface area (Å²) in [6, 6.07) is 3.68. The molecule has 0 aliphatic heterocycles. The van der Waals surface area contributed by atoms with Gasteiger partial charge in [0.25, 0.3) is 6.43 Å². The van der Waals surface area contributed by atoms with E-state index < -0.39 is 18.4 Å². The molecule has 0 saturated heterocycles. The molecule has 1 aromatic rings. The number of aromatic nitrogens is 1. The van der Waals surface area contributed by atoms with E-state index in [1.165, 1.54) is 12.1 Å². The molecule has 0 amide bonds. The fourth-order valence-electron chi connectivity index (χ4n) is 0.734. The molecule has 0 fully saturated rings. The molecule has 66 valence electrons. The molecule has 1 heterocycles. The van der Waals surface area contributed by atoms with Gasteiger partial charge in [-0.05, 0) is 12.1 Å². The van der Waals surface area contributed by atoms with E-state index in [9.17, 15) is 8.78 Å². The molecule has 2 N–H and O–H groups in total. The predicted molar refractivity (Wildman–Crippen MR) is 36.4 cm³/mol. The van der Waals surface area contributed by atoms with Crippen LogP contribution in [0.1, 0.15) is 24.1 Å². The van der Waals surface area contributed by atoms with Gasteiger partial charge < -0.3 is 10.2 Å². The van der Waals surface area contributed by atoms with E-state index in [0.717, 1.165) is 6.07 Å². The van der Waals surface area contributed by atoms with Crippen LogP contribution in [0.25, 0.3) is 0 Å². The van der Waals surface area contributed by atoms with Crippen LogP contribution >= 0.6 is 0 Å². The van der Waals surface area contributed by atoms with Crippen LogP contribution in [0, 0.1) is 0 Å². The number of rotatable bonds is 2. The number of halogens is 2. The first-order chi connectivity index (χ1) is 5.61. The van der Waals surface area contributed by atoms with E-state index in [2.05, 4.69) is 4.98 Å². The second kappa shape index (κ2) is 3.55. The van der Waals surface area contributed by atoms with E-state index in [0.29, 0.717) is 0 Å². The second-order valence-corrected chi connectivity index (χ2v) is 2.16. The normalized spacial score (nSPS) is 11.2. The number of aliphatic hydroxyl groups excluding tert-OH is 1. The van der Waals surface area contributed by atoms with Crippen LogP contribution in [-0.2, 0) is 0 Å². The lowest BCUT2D eigenvalue weighted by Gasteiger charge is -2.04. The lowest BCUT2D eigenvalue weighted by atomic mass is 10.3. The van der Waals surface area contributed by atoms with Crippen LogP contribution in [0.5, 0.6) is 0 Å². The summed E-state index contributed by atoms with van der Waals surface area (Å²) in [6.07, 6.45) is -4.49. The van der Waals surface area contributed by atoms with Crippen molar-refractivity contribution in [2.75, 3.05) is 0 Å². The van der Waals surface area contributed by atoms with Crippen molar-refractivity contribution >= 4 is 0 Å². The average molecular weight is 175 g/mol. The predicted octanol–water partition coefficient (Wildman–Crippen LogP) is 1.00. The van der Waals surface area contributed by atoms with Crippen LogP contribution in [0.3, 0.4) is 0 Å². The number of aliphatic hydroxyl groups is 2. The van der Waals surface area contributed by atoms with Crippen LogP contribution in [0.2, 0.25) is 0 Å². The summed E-state index contributed by atoms with van der Waals surface area (Å²) >= 11 is 0. The molecule has 0 saturated carbocycles. The maximum absolute atomic E-state index is 12.0. The smallest absolute Gasteiger partial charge is 0.280 e. The van der Waals surface area contributed by atoms with Crippen molar-refractivity contribution in [3.63, 3.8) is 0 Å². The first-order valence-corrected chi connectivity index (χ1v) is 3.22. The molecule has 0 spiro atoms. The molecule has 5 heteroatoms. The third kappa shape index (κ3) is 1.96. The minimum atomic E-state index is -2.69. The van der Waals surface area contributed by atoms with Gasteiger partial charge in [0.1, 0.15) is 5.69 Å². The fourth-order valence-corrected chi connectivity index (χ4v) is 0.734. The van der Waals surface area contributed by atoms with Gasteiger partial charge in [0.2, 0.25) is 0 Å². The SMILES string of the molecule is OC(O)c1cccc(C(F)F)n1. The third-order valence-corrected chi connectivity index (χ3v) is 1.28. The van der Waals surface area contributed by atoms with Crippen LogP contribution in [-0.4, -0.2) is 15.2 Å². The molecule has 0 bridgehead atoms. The molecule has 0 unspecified atom stereocenters. The van der Waals surface area contributed by atoms with Gasteiger partial charge in [-0.2, -0.15) is 0 Å². The third-order valence-electron chi connectivity index (χ3n) is 1.28. The Morgan fingerprint density at radius 1 is 1.17 bits per heavy atom. The van der Waals surface area contributed by atoms with Gasteiger partial charge in [-0.25, -0.2) is 13.8 Å². The highest BCUT2D eigenvalue weighted by Gasteiger charge is 2.11. The highest BCUT2D eigenvalue weighted by Crippen LogP contribution is 2.17. The zero-order valence-electron chi connectivity index (χ0n) is 5.98. The van der Waals surface area contributed by atoms with Crippen LogP contribution < -0.4 is 0 Å². The summed E-state index contributed by atoms with van der Waals surface area (Å²) in [7, 11) is 0. The van der Waals surface area contributed by atoms with Crippen molar-refractivity contribution in [2.45, 2.75) is 12.7 Å². The van der Waals surface area contributed by atoms with E-state index >= 15 is 0 Å². The maximum atomic E-state index is 12.0. The molecular weight excluding hydrogens is 168 g/mol. The quantitative estimate of drug-likeness (QED) is 0.659. The van der Waals surface area contributed by atoms with Crippen molar-refractivity contribution in [3.05, 3.63) is 29.6 Å². The van der Waals surface area contributed by atoms with Crippen molar-refractivity contribution in [1.82, 2.24) is 4.98 Å². The number of nitrogens with zero attached hydrogens (tertiary/aromatic N) is 1. The van der Waals surface area contributed by atoms with E-state index in [1.807, 2.05) is 0 Å². The molecule has 0 radical (unpaired) electrons. The lowest BCUT2D eigenvalue weighted by Crippen LogP contribution is -2.01. The van der Waals surface area contributed by atoms with Crippen molar-refractivity contribution < 1.29 is 19.0 Å². The van der Waals surface area contributed by atoms with Gasteiger partial charge >= 0.3 is 0 Å². The second-order valence-electron chi connectivity index (χ2n) is 2.16. The van der Waals surface area contributed by atoms with E-state index in [-0.39, 0.29) is 5.69 Å². The molecule has 1 rings (SSSR count). The standard InChI is InChI=1S/C7H7F2NO2/c8-6(9)4-2-1-3-5(10-4)7(11)12/h1-3,6-7,11-12H. The monoisotopic (exact) mass is 175 g/mol. The van der Waals surface area contributed by atoms with Crippen molar-refractivity contribution in [3.8, 4) is 0 Å². The number of alkyl halides is 2. The first-order valence-electron chi connectivity index (χ1n) is 3.22. The van der Waals surface area contributed by atoms with Crippen molar-refractivity contribution in [2.24, 2.45) is 0 Å². The van der Waals surface area contributed by atoms with Gasteiger partial charge in [0, 0.05) is 0 Å². The van der Waals surface area contributed by atoms with E-state index in [4.69, 9.17) is 10.2 Å². The Morgan fingerprint density at radius 2 is 1.75 bits per heavy atom. The number of hydrogen-bond donors (Lipinski definition) is 2. The summed E-state index contributed by atoms with van der Waals surface area (Å²) in [6.45, 7) is 0. The largest absolute Gasteiger partial charge is 0.363 e. The molecule has 1 aromatic heterocycles.